The SMILES string of the molecule is CC1N=C(c2ncc(Br)cc2Br)NC1=O. The summed E-state index contributed by atoms with van der Waals surface area (Å²) in [4.78, 5) is 19.6. The standard InChI is InChI=1S/C9H7Br2N3O/c1-4-9(15)14-8(13-4)7-6(11)2-5(10)3-12-7/h2-4H,1H3,(H,13,14,15). The average Bonchev–Trinajstić information content (AvgIpc) is 2.46. The maximum Gasteiger partial charge on any atom is 0.250 e. The van der Waals surface area contributed by atoms with E-state index < -0.39 is 0 Å². The highest BCUT2D eigenvalue weighted by atomic mass is 79.9. The van der Waals surface area contributed by atoms with Crippen molar-refractivity contribution in [2.24, 2.45) is 4.99 Å². The third-order valence-electron chi connectivity index (χ3n) is 1.98. The number of amides is 1. The molecule has 0 aliphatic carbocycles. The van der Waals surface area contributed by atoms with Crippen LogP contribution in [-0.4, -0.2) is 22.8 Å². The molecule has 1 unspecified atom stereocenters. The van der Waals surface area contributed by atoms with Crippen LogP contribution in [0, 0.1) is 0 Å². The topological polar surface area (TPSA) is 54.4 Å². The van der Waals surface area contributed by atoms with Gasteiger partial charge in [-0.05, 0) is 44.8 Å². The number of halogens is 2. The number of hydrogen-bond acceptors (Lipinski definition) is 3. The summed E-state index contributed by atoms with van der Waals surface area (Å²) in [5.41, 5.74) is 0.649. The van der Waals surface area contributed by atoms with Crippen LogP contribution >= 0.6 is 31.9 Å². The van der Waals surface area contributed by atoms with Crippen LogP contribution in [0.15, 0.2) is 26.2 Å². The smallest absolute Gasteiger partial charge is 0.250 e. The van der Waals surface area contributed by atoms with Crippen LogP contribution in [0.3, 0.4) is 0 Å². The van der Waals surface area contributed by atoms with Gasteiger partial charge < -0.3 is 5.32 Å². The monoisotopic (exact) mass is 331 g/mol. The molecule has 1 aromatic rings. The van der Waals surface area contributed by atoms with Gasteiger partial charge in [-0.25, -0.2) is 0 Å². The molecule has 1 N–H and O–H groups in total. The third kappa shape index (κ3) is 2.10. The molecule has 0 bridgehead atoms. The van der Waals surface area contributed by atoms with Crippen molar-refractivity contribution in [1.29, 1.82) is 0 Å². The van der Waals surface area contributed by atoms with Crippen molar-refractivity contribution in [3.8, 4) is 0 Å². The predicted molar refractivity (Wildman–Crippen MR) is 63.8 cm³/mol. The number of amidine groups is 1. The number of nitrogens with one attached hydrogen (secondary N) is 1. The summed E-state index contributed by atoms with van der Waals surface area (Å²) in [6.45, 7) is 1.75. The first-order valence-corrected chi connectivity index (χ1v) is 5.86. The molecular formula is C9H7Br2N3O. The molecule has 0 saturated carbocycles. The third-order valence-corrected chi connectivity index (χ3v) is 3.01. The molecule has 2 rings (SSSR count). The fourth-order valence-electron chi connectivity index (χ4n) is 1.21. The van der Waals surface area contributed by atoms with Crippen molar-refractivity contribution in [3.05, 3.63) is 26.9 Å². The number of aliphatic imine (C=N–C) groups is 1. The molecule has 1 aliphatic heterocycles. The Bertz CT molecular complexity index is 459. The number of aromatic nitrogens is 1. The maximum absolute atomic E-state index is 11.3. The molecule has 1 amide bonds. The van der Waals surface area contributed by atoms with Crippen molar-refractivity contribution in [2.75, 3.05) is 0 Å². The van der Waals surface area contributed by atoms with Crippen LogP contribution in [0.4, 0.5) is 0 Å². The summed E-state index contributed by atoms with van der Waals surface area (Å²) in [6.07, 6.45) is 1.66. The lowest BCUT2D eigenvalue weighted by Gasteiger charge is -2.02. The van der Waals surface area contributed by atoms with E-state index in [0.29, 0.717) is 11.5 Å². The number of hydrogen-bond donors (Lipinski definition) is 1. The highest BCUT2D eigenvalue weighted by molar-refractivity contribution is 9.11. The van der Waals surface area contributed by atoms with Crippen molar-refractivity contribution in [1.82, 2.24) is 10.3 Å². The predicted octanol–water partition coefficient (Wildman–Crippen LogP) is 1.87. The quantitative estimate of drug-likeness (QED) is 0.853. The zero-order valence-electron chi connectivity index (χ0n) is 7.79. The summed E-state index contributed by atoms with van der Waals surface area (Å²) in [5.74, 6) is 0.425. The van der Waals surface area contributed by atoms with Crippen LogP contribution in [-0.2, 0) is 4.79 Å². The van der Waals surface area contributed by atoms with Crippen LogP contribution in [0.5, 0.6) is 0 Å². The number of nitrogens with zero attached hydrogens (tertiary/aromatic N) is 2. The Morgan fingerprint density at radius 2 is 2.20 bits per heavy atom. The van der Waals surface area contributed by atoms with Gasteiger partial charge in [-0.3, -0.25) is 14.8 Å². The van der Waals surface area contributed by atoms with Crippen LogP contribution < -0.4 is 5.32 Å². The van der Waals surface area contributed by atoms with E-state index in [1.807, 2.05) is 6.07 Å². The fraction of sp³-hybridized carbons (Fsp3) is 0.222. The van der Waals surface area contributed by atoms with E-state index in [-0.39, 0.29) is 11.9 Å². The molecule has 0 spiro atoms. The molecule has 2 heterocycles. The maximum atomic E-state index is 11.3. The Morgan fingerprint density at radius 3 is 2.73 bits per heavy atom. The Hall–Kier alpha value is -0.750. The van der Waals surface area contributed by atoms with E-state index in [1.54, 1.807) is 13.1 Å². The van der Waals surface area contributed by atoms with Crippen LogP contribution in [0.25, 0.3) is 0 Å². The number of carbonyl (C=O) groups is 1. The van der Waals surface area contributed by atoms with Crippen molar-refractivity contribution < 1.29 is 4.79 Å². The number of rotatable bonds is 1. The summed E-state index contributed by atoms with van der Waals surface area (Å²) in [6, 6.07) is 1.53. The zero-order chi connectivity index (χ0) is 11.0. The average molecular weight is 333 g/mol. The summed E-state index contributed by atoms with van der Waals surface area (Å²) in [7, 11) is 0. The second kappa shape index (κ2) is 4.02. The van der Waals surface area contributed by atoms with Gasteiger partial charge in [-0.15, -0.1) is 0 Å². The van der Waals surface area contributed by atoms with Crippen molar-refractivity contribution in [2.45, 2.75) is 13.0 Å². The molecule has 1 aromatic heterocycles. The highest BCUT2D eigenvalue weighted by Gasteiger charge is 2.24. The van der Waals surface area contributed by atoms with Gasteiger partial charge in [0, 0.05) is 15.1 Å². The molecule has 0 saturated heterocycles. The molecule has 1 atom stereocenters. The normalized spacial score (nSPS) is 20.1. The highest BCUT2D eigenvalue weighted by Crippen LogP contribution is 2.21. The minimum atomic E-state index is -0.336. The summed E-state index contributed by atoms with van der Waals surface area (Å²) < 4.78 is 1.67. The van der Waals surface area contributed by atoms with Gasteiger partial charge in [0.1, 0.15) is 11.7 Å². The number of carbonyl (C=O) groups excluding carboxylic acids is 1. The summed E-state index contributed by atoms with van der Waals surface area (Å²) in [5, 5.41) is 2.68. The van der Waals surface area contributed by atoms with E-state index in [1.165, 1.54) is 0 Å². The summed E-state index contributed by atoms with van der Waals surface area (Å²) >= 11 is 6.68. The molecule has 15 heavy (non-hydrogen) atoms. The van der Waals surface area contributed by atoms with E-state index >= 15 is 0 Å². The van der Waals surface area contributed by atoms with E-state index in [2.05, 4.69) is 47.2 Å². The molecule has 0 aromatic carbocycles. The van der Waals surface area contributed by atoms with E-state index in [9.17, 15) is 4.79 Å². The number of pyridine rings is 1. The van der Waals surface area contributed by atoms with Gasteiger partial charge in [-0.1, -0.05) is 0 Å². The molecule has 78 valence electrons. The Labute approximate surface area is 103 Å². The van der Waals surface area contributed by atoms with Gasteiger partial charge in [0.2, 0.25) is 5.91 Å². The fourth-order valence-corrected chi connectivity index (χ4v) is 2.39. The Balaban J connectivity index is 2.39. The second-order valence-electron chi connectivity index (χ2n) is 3.13. The minimum Gasteiger partial charge on any atom is -0.307 e. The van der Waals surface area contributed by atoms with Crippen molar-refractivity contribution >= 4 is 43.6 Å². The van der Waals surface area contributed by atoms with Crippen LogP contribution in [0.2, 0.25) is 0 Å². The van der Waals surface area contributed by atoms with Crippen molar-refractivity contribution in [3.63, 3.8) is 0 Å². The van der Waals surface area contributed by atoms with E-state index in [0.717, 1.165) is 8.95 Å². The first-order valence-electron chi connectivity index (χ1n) is 4.28. The first kappa shape index (κ1) is 10.8. The zero-order valence-corrected chi connectivity index (χ0v) is 11.0. The molecule has 4 nitrogen and oxygen atoms in total. The Morgan fingerprint density at radius 1 is 1.47 bits per heavy atom. The van der Waals surface area contributed by atoms with E-state index in [4.69, 9.17) is 0 Å². The molecule has 6 heteroatoms. The lowest BCUT2D eigenvalue weighted by Crippen LogP contribution is -2.28. The lowest BCUT2D eigenvalue weighted by atomic mass is 10.3. The second-order valence-corrected chi connectivity index (χ2v) is 4.90. The van der Waals surface area contributed by atoms with Gasteiger partial charge in [0.15, 0.2) is 5.84 Å². The van der Waals surface area contributed by atoms with Gasteiger partial charge in [-0.2, -0.15) is 0 Å². The molecule has 0 radical (unpaired) electrons. The minimum absolute atomic E-state index is 0.0957. The largest absolute Gasteiger partial charge is 0.307 e. The van der Waals surface area contributed by atoms with Crippen LogP contribution in [0.1, 0.15) is 12.6 Å². The van der Waals surface area contributed by atoms with Gasteiger partial charge in [0.05, 0.1) is 0 Å². The lowest BCUT2D eigenvalue weighted by molar-refractivity contribution is -0.119. The van der Waals surface area contributed by atoms with Gasteiger partial charge in [0.25, 0.3) is 0 Å². The molecule has 0 fully saturated rings. The molecule has 1 aliphatic rings. The molecular weight excluding hydrogens is 326 g/mol. The first-order chi connectivity index (χ1) is 7.08. The van der Waals surface area contributed by atoms with Gasteiger partial charge >= 0.3 is 0 Å². The Kier molecular flexibility index (Phi) is 2.88.